The van der Waals surface area contributed by atoms with E-state index < -0.39 is 0 Å². The molecule has 1 saturated heterocycles. The average Bonchev–Trinajstić information content (AvgIpc) is 2.23. The van der Waals surface area contributed by atoms with Crippen molar-refractivity contribution in [1.29, 1.82) is 0 Å². The number of rotatable bonds is 1. The van der Waals surface area contributed by atoms with Gasteiger partial charge >= 0.3 is 5.97 Å². The van der Waals surface area contributed by atoms with E-state index in [1.54, 1.807) is 0 Å². The maximum Gasteiger partial charge on any atom is 0.307 e. The maximum atomic E-state index is 11.1. The number of ether oxygens (including phenoxy) is 1. The van der Waals surface area contributed by atoms with Crippen molar-refractivity contribution in [1.82, 2.24) is 0 Å². The largest absolute Gasteiger partial charge is 0.453 e. The highest BCUT2D eigenvalue weighted by Gasteiger charge is 2.24. The highest BCUT2D eigenvalue weighted by Crippen LogP contribution is 2.31. The van der Waals surface area contributed by atoms with Crippen molar-refractivity contribution in [3.05, 3.63) is 48.0 Å². The number of hydrogen-bond donors (Lipinski definition) is 0. The zero-order chi connectivity index (χ0) is 9.97. The van der Waals surface area contributed by atoms with Gasteiger partial charge in [-0.2, -0.15) is 0 Å². The molecular weight excluding hydrogens is 176 g/mol. The Morgan fingerprint density at radius 2 is 1.93 bits per heavy atom. The summed E-state index contributed by atoms with van der Waals surface area (Å²) in [6.45, 7) is 3.93. The summed E-state index contributed by atoms with van der Waals surface area (Å²) in [6.07, 6.45) is 0.957. The Morgan fingerprint density at radius 3 is 2.64 bits per heavy atom. The van der Waals surface area contributed by atoms with Crippen LogP contribution in [0.25, 0.3) is 0 Å². The first kappa shape index (κ1) is 9.00. The number of carbonyl (C=O) groups is 1. The van der Waals surface area contributed by atoms with Crippen LogP contribution >= 0.6 is 0 Å². The van der Waals surface area contributed by atoms with Crippen LogP contribution in [0.2, 0.25) is 0 Å². The van der Waals surface area contributed by atoms with Crippen molar-refractivity contribution < 1.29 is 9.53 Å². The lowest BCUT2D eigenvalue weighted by Gasteiger charge is -2.24. The van der Waals surface area contributed by atoms with Crippen LogP contribution in [0.3, 0.4) is 0 Å². The number of hydrogen-bond acceptors (Lipinski definition) is 2. The average molecular weight is 188 g/mol. The normalized spacial score (nSPS) is 21.9. The lowest BCUT2D eigenvalue weighted by Crippen LogP contribution is -2.18. The number of benzene rings is 1. The van der Waals surface area contributed by atoms with Gasteiger partial charge in [-0.15, -0.1) is 0 Å². The summed E-state index contributed by atoms with van der Waals surface area (Å²) in [4.78, 5) is 11.1. The van der Waals surface area contributed by atoms with E-state index in [1.807, 2.05) is 30.3 Å². The molecule has 0 bridgehead atoms. The molecule has 1 unspecified atom stereocenters. The molecule has 1 aliphatic heterocycles. The van der Waals surface area contributed by atoms with Crippen LogP contribution in [0.5, 0.6) is 0 Å². The Balaban J connectivity index is 2.24. The van der Waals surface area contributed by atoms with Crippen LogP contribution in [-0.2, 0) is 9.53 Å². The molecule has 72 valence electrons. The molecule has 1 aromatic rings. The summed E-state index contributed by atoms with van der Waals surface area (Å²) in [6, 6.07) is 9.72. The quantitative estimate of drug-likeness (QED) is 0.500. The SMILES string of the molecule is C=C1CCC(=O)OC1c1ccccc1. The second-order valence-corrected chi connectivity index (χ2v) is 3.44. The third-order valence-corrected chi connectivity index (χ3v) is 2.37. The van der Waals surface area contributed by atoms with E-state index in [0.717, 1.165) is 17.6 Å². The summed E-state index contributed by atoms with van der Waals surface area (Å²) in [7, 11) is 0. The van der Waals surface area contributed by atoms with Gasteiger partial charge in [-0.25, -0.2) is 0 Å². The van der Waals surface area contributed by atoms with Crippen molar-refractivity contribution >= 4 is 5.97 Å². The number of carbonyl (C=O) groups excluding carboxylic acids is 1. The highest BCUT2D eigenvalue weighted by atomic mass is 16.5. The predicted octanol–water partition coefficient (Wildman–Crippen LogP) is 2.62. The van der Waals surface area contributed by atoms with E-state index in [2.05, 4.69) is 6.58 Å². The molecule has 1 aromatic carbocycles. The van der Waals surface area contributed by atoms with Crippen LogP contribution in [0, 0.1) is 0 Å². The van der Waals surface area contributed by atoms with Crippen molar-refractivity contribution in [2.24, 2.45) is 0 Å². The third-order valence-electron chi connectivity index (χ3n) is 2.37. The van der Waals surface area contributed by atoms with Crippen molar-refractivity contribution in [2.45, 2.75) is 18.9 Å². The Kier molecular flexibility index (Phi) is 2.35. The van der Waals surface area contributed by atoms with Gasteiger partial charge in [0.2, 0.25) is 0 Å². The maximum absolute atomic E-state index is 11.1. The second kappa shape index (κ2) is 3.66. The number of cyclic esters (lactones) is 1. The molecule has 1 heterocycles. The molecule has 0 aromatic heterocycles. The van der Waals surface area contributed by atoms with E-state index >= 15 is 0 Å². The van der Waals surface area contributed by atoms with Crippen molar-refractivity contribution in [2.75, 3.05) is 0 Å². The molecule has 0 radical (unpaired) electrons. The van der Waals surface area contributed by atoms with Gasteiger partial charge in [0, 0.05) is 6.42 Å². The van der Waals surface area contributed by atoms with Gasteiger partial charge in [-0.1, -0.05) is 36.9 Å². The zero-order valence-corrected chi connectivity index (χ0v) is 7.90. The Bertz CT molecular complexity index is 354. The molecule has 2 nitrogen and oxygen atoms in total. The van der Waals surface area contributed by atoms with Crippen molar-refractivity contribution in [3.8, 4) is 0 Å². The Morgan fingerprint density at radius 1 is 1.21 bits per heavy atom. The standard InChI is InChI=1S/C12H12O2/c1-9-7-8-11(13)14-12(9)10-5-3-2-4-6-10/h2-6,12H,1,7-8H2. The molecule has 0 spiro atoms. The molecule has 1 aliphatic rings. The second-order valence-electron chi connectivity index (χ2n) is 3.44. The van der Waals surface area contributed by atoms with Crippen LogP contribution < -0.4 is 0 Å². The van der Waals surface area contributed by atoms with E-state index in [1.165, 1.54) is 0 Å². The molecule has 2 heteroatoms. The van der Waals surface area contributed by atoms with Crippen molar-refractivity contribution in [3.63, 3.8) is 0 Å². The Hall–Kier alpha value is -1.57. The minimum absolute atomic E-state index is 0.133. The molecule has 0 saturated carbocycles. The van der Waals surface area contributed by atoms with Gasteiger partial charge in [0.05, 0.1) is 0 Å². The molecule has 0 amide bonds. The number of esters is 1. The van der Waals surface area contributed by atoms with Gasteiger partial charge in [0.15, 0.2) is 0 Å². The Labute approximate surface area is 83.2 Å². The molecular formula is C12H12O2. The van der Waals surface area contributed by atoms with Crippen LogP contribution in [0.1, 0.15) is 24.5 Å². The van der Waals surface area contributed by atoms with Gasteiger partial charge < -0.3 is 4.74 Å². The lowest BCUT2D eigenvalue weighted by atomic mass is 9.97. The topological polar surface area (TPSA) is 26.3 Å². The molecule has 2 rings (SSSR count). The van der Waals surface area contributed by atoms with E-state index in [4.69, 9.17) is 4.74 Å². The first-order chi connectivity index (χ1) is 6.77. The fourth-order valence-electron chi connectivity index (χ4n) is 1.60. The predicted molar refractivity (Wildman–Crippen MR) is 53.6 cm³/mol. The van der Waals surface area contributed by atoms with Gasteiger partial charge in [-0.05, 0) is 17.6 Å². The fourth-order valence-corrected chi connectivity index (χ4v) is 1.60. The van der Waals surface area contributed by atoms with Crippen LogP contribution in [-0.4, -0.2) is 5.97 Å². The summed E-state index contributed by atoms with van der Waals surface area (Å²) in [5.41, 5.74) is 1.99. The minimum atomic E-state index is -0.238. The highest BCUT2D eigenvalue weighted by molar-refractivity contribution is 5.71. The summed E-state index contributed by atoms with van der Waals surface area (Å²) >= 11 is 0. The monoisotopic (exact) mass is 188 g/mol. The minimum Gasteiger partial charge on any atom is -0.453 e. The summed E-state index contributed by atoms with van der Waals surface area (Å²) in [5, 5.41) is 0. The molecule has 0 aliphatic carbocycles. The molecule has 1 atom stereocenters. The smallest absolute Gasteiger partial charge is 0.307 e. The summed E-state index contributed by atoms with van der Waals surface area (Å²) < 4.78 is 5.25. The zero-order valence-electron chi connectivity index (χ0n) is 7.90. The van der Waals surface area contributed by atoms with E-state index in [0.29, 0.717) is 6.42 Å². The van der Waals surface area contributed by atoms with Gasteiger partial charge in [0.1, 0.15) is 6.10 Å². The van der Waals surface area contributed by atoms with Gasteiger partial charge in [0.25, 0.3) is 0 Å². The van der Waals surface area contributed by atoms with E-state index in [-0.39, 0.29) is 12.1 Å². The van der Waals surface area contributed by atoms with E-state index in [9.17, 15) is 4.79 Å². The fraction of sp³-hybridized carbons (Fsp3) is 0.250. The van der Waals surface area contributed by atoms with Crippen LogP contribution in [0.15, 0.2) is 42.5 Å². The first-order valence-corrected chi connectivity index (χ1v) is 4.69. The van der Waals surface area contributed by atoms with Crippen LogP contribution in [0.4, 0.5) is 0 Å². The lowest BCUT2D eigenvalue weighted by molar-refractivity contribution is -0.150. The molecule has 1 fully saturated rings. The van der Waals surface area contributed by atoms with Gasteiger partial charge in [-0.3, -0.25) is 4.79 Å². The third kappa shape index (κ3) is 1.69. The molecule has 14 heavy (non-hydrogen) atoms. The first-order valence-electron chi connectivity index (χ1n) is 4.69. The summed E-state index contributed by atoms with van der Waals surface area (Å²) in [5.74, 6) is -0.133. The molecule has 0 N–H and O–H groups in total.